The maximum absolute atomic E-state index is 4.00. The molecule has 0 spiro atoms. The minimum atomic E-state index is 1.19. The molecule has 2 nitrogen and oxygen atoms in total. The molecule has 0 aromatic rings. The lowest BCUT2D eigenvalue weighted by molar-refractivity contribution is -0.202. The molecule has 7 rings (SSSR count). The molecule has 0 atom stereocenters. The lowest BCUT2D eigenvalue weighted by Crippen LogP contribution is -2.62. The zero-order valence-corrected chi connectivity index (χ0v) is 10.0. The number of nitrogens with two attached hydrogens (primary N) is 2. The molecule has 0 aliphatic heterocycles. The monoisotopic (exact) mass is 220 g/mol. The zero-order valence-electron chi connectivity index (χ0n) is 10.0. The number of hydrazine groups is 1. The molecule has 16 heavy (non-hydrogen) atoms. The van der Waals surface area contributed by atoms with Crippen LogP contribution in [-0.2, 0) is 0 Å². The Hall–Kier alpha value is -0.0800. The summed E-state index contributed by atoms with van der Waals surface area (Å²) in [5, 5.41) is 0. The maximum Gasteiger partial charge on any atom is -0.0349 e. The van der Waals surface area contributed by atoms with Crippen LogP contribution in [-0.4, -0.2) is 0 Å². The van der Waals surface area contributed by atoms with E-state index >= 15 is 0 Å². The molecule has 0 radical (unpaired) electrons. The standard InChI is InChI=1S/C14H20.H4N2/c1-7-2-12-10-4-8-5-11(9(1)10)13(3-7)14(12)6-8;1-2/h7-14H,1-6H2;1-2H2. The van der Waals surface area contributed by atoms with E-state index in [9.17, 15) is 0 Å². The number of hydrogen-bond acceptors (Lipinski definition) is 2. The SMILES string of the molecule is C1C2CC3C4CC5CC(C14)C(C2)C3C5.NN. The first-order valence-electron chi connectivity index (χ1n) is 7.23. The maximum atomic E-state index is 4.00. The van der Waals surface area contributed by atoms with Crippen LogP contribution in [0.5, 0.6) is 0 Å². The molecule has 0 amide bonds. The van der Waals surface area contributed by atoms with Crippen LogP contribution in [0.3, 0.4) is 0 Å². The van der Waals surface area contributed by atoms with Crippen molar-refractivity contribution in [1.82, 2.24) is 0 Å². The summed E-state index contributed by atoms with van der Waals surface area (Å²) in [7, 11) is 0. The van der Waals surface area contributed by atoms with Crippen molar-refractivity contribution in [3.63, 3.8) is 0 Å². The van der Waals surface area contributed by atoms with Gasteiger partial charge in [-0.05, 0) is 85.9 Å². The van der Waals surface area contributed by atoms with Crippen molar-refractivity contribution in [3.05, 3.63) is 0 Å². The van der Waals surface area contributed by atoms with Gasteiger partial charge in [-0.3, -0.25) is 11.7 Å². The molecule has 7 saturated carbocycles. The van der Waals surface area contributed by atoms with Crippen molar-refractivity contribution in [2.75, 3.05) is 0 Å². The Morgan fingerprint density at radius 3 is 0.812 bits per heavy atom. The molecule has 90 valence electrons. The second kappa shape index (κ2) is 3.23. The van der Waals surface area contributed by atoms with Crippen molar-refractivity contribution >= 4 is 0 Å². The molecule has 7 fully saturated rings. The molecular formula is C14H24N2. The van der Waals surface area contributed by atoms with Crippen LogP contribution in [0, 0.1) is 47.3 Å². The van der Waals surface area contributed by atoms with Gasteiger partial charge in [-0.2, -0.15) is 0 Å². The number of rotatable bonds is 0. The Morgan fingerprint density at radius 2 is 0.625 bits per heavy atom. The van der Waals surface area contributed by atoms with Crippen LogP contribution in [0.4, 0.5) is 0 Å². The zero-order chi connectivity index (χ0) is 10.9. The lowest BCUT2D eigenvalue weighted by atomic mass is 9.36. The first-order valence-corrected chi connectivity index (χ1v) is 7.23. The summed E-state index contributed by atoms with van der Waals surface area (Å²) in [6, 6.07) is 0. The van der Waals surface area contributed by atoms with Crippen LogP contribution in [0.25, 0.3) is 0 Å². The lowest BCUT2D eigenvalue weighted by Gasteiger charge is -2.69. The van der Waals surface area contributed by atoms with Gasteiger partial charge in [-0.1, -0.05) is 0 Å². The molecule has 7 aliphatic carbocycles. The third-order valence-corrected chi connectivity index (χ3v) is 6.93. The highest BCUT2D eigenvalue weighted by Crippen LogP contribution is 2.71. The molecule has 0 unspecified atom stereocenters. The van der Waals surface area contributed by atoms with Crippen molar-refractivity contribution in [2.24, 2.45) is 59.0 Å². The predicted octanol–water partition coefficient (Wildman–Crippen LogP) is 2.14. The van der Waals surface area contributed by atoms with Gasteiger partial charge in [0.15, 0.2) is 0 Å². The fourth-order valence-corrected chi connectivity index (χ4v) is 6.89. The van der Waals surface area contributed by atoms with E-state index in [4.69, 9.17) is 0 Å². The Morgan fingerprint density at radius 1 is 0.438 bits per heavy atom. The molecule has 0 saturated heterocycles. The largest absolute Gasteiger partial charge is 0.274 e. The summed E-state index contributed by atoms with van der Waals surface area (Å²) < 4.78 is 0. The van der Waals surface area contributed by atoms with Gasteiger partial charge in [-0.15, -0.1) is 0 Å². The average Bonchev–Trinajstić information content (AvgIpc) is 2.37. The van der Waals surface area contributed by atoms with Crippen LogP contribution in [0.2, 0.25) is 0 Å². The molecule has 0 heterocycles. The Balaban J connectivity index is 0.000000345. The van der Waals surface area contributed by atoms with Crippen molar-refractivity contribution in [1.29, 1.82) is 0 Å². The van der Waals surface area contributed by atoms with Gasteiger partial charge in [0.2, 0.25) is 0 Å². The highest BCUT2D eigenvalue weighted by molar-refractivity contribution is 5.12. The average molecular weight is 220 g/mol. The Kier molecular flexibility index (Phi) is 2.00. The quantitative estimate of drug-likeness (QED) is 0.485. The summed E-state index contributed by atoms with van der Waals surface area (Å²) in [6.45, 7) is 0. The summed E-state index contributed by atoms with van der Waals surface area (Å²) in [5.41, 5.74) is 0. The second-order valence-electron chi connectivity index (χ2n) is 7.13. The van der Waals surface area contributed by atoms with E-state index in [1.165, 1.54) is 47.3 Å². The highest BCUT2D eigenvalue weighted by atomic mass is 15.0. The fourth-order valence-electron chi connectivity index (χ4n) is 6.89. The Bertz CT molecular complexity index is 214. The Labute approximate surface area is 98.1 Å². The summed E-state index contributed by atoms with van der Waals surface area (Å²) in [5.74, 6) is 17.7. The second-order valence-corrected chi connectivity index (χ2v) is 7.13. The van der Waals surface area contributed by atoms with E-state index < -0.39 is 0 Å². The minimum absolute atomic E-state index is 1.19. The molecule has 0 aromatic carbocycles. The van der Waals surface area contributed by atoms with Crippen LogP contribution < -0.4 is 11.7 Å². The predicted molar refractivity (Wildman–Crippen MR) is 64.0 cm³/mol. The van der Waals surface area contributed by atoms with Gasteiger partial charge < -0.3 is 0 Å². The third-order valence-electron chi connectivity index (χ3n) is 6.93. The molecule has 8 bridgehead atoms. The third kappa shape index (κ3) is 1.01. The summed E-state index contributed by atoms with van der Waals surface area (Å²) in [4.78, 5) is 0. The first-order chi connectivity index (χ1) is 7.90. The molecule has 2 heteroatoms. The number of hydrogen-bond donors (Lipinski definition) is 2. The summed E-state index contributed by atoms with van der Waals surface area (Å²) in [6.07, 6.45) is 9.93. The van der Waals surface area contributed by atoms with E-state index in [2.05, 4.69) is 11.7 Å². The van der Waals surface area contributed by atoms with Crippen molar-refractivity contribution in [3.8, 4) is 0 Å². The van der Waals surface area contributed by atoms with E-state index in [0.717, 1.165) is 0 Å². The van der Waals surface area contributed by atoms with Crippen LogP contribution >= 0.6 is 0 Å². The molecular weight excluding hydrogens is 196 g/mol. The normalized spacial score (nSPS) is 63.4. The first kappa shape index (κ1) is 9.90. The molecule has 0 aromatic heterocycles. The van der Waals surface area contributed by atoms with Crippen molar-refractivity contribution < 1.29 is 0 Å². The van der Waals surface area contributed by atoms with Gasteiger partial charge in [0.25, 0.3) is 0 Å². The molecule has 7 aliphatic rings. The van der Waals surface area contributed by atoms with Gasteiger partial charge in [-0.25, -0.2) is 0 Å². The minimum Gasteiger partial charge on any atom is -0.274 e. The topological polar surface area (TPSA) is 52.0 Å². The van der Waals surface area contributed by atoms with Gasteiger partial charge in [0, 0.05) is 0 Å². The van der Waals surface area contributed by atoms with Gasteiger partial charge >= 0.3 is 0 Å². The van der Waals surface area contributed by atoms with E-state index in [1.54, 1.807) is 38.5 Å². The van der Waals surface area contributed by atoms with E-state index in [0.29, 0.717) is 0 Å². The van der Waals surface area contributed by atoms with Crippen LogP contribution in [0.1, 0.15) is 38.5 Å². The summed E-state index contributed by atoms with van der Waals surface area (Å²) >= 11 is 0. The van der Waals surface area contributed by atoms with E-state index in [-0.39, 0.29) is 0 Å². The fraction of sp³-hybridized carbons (Fsp3) is 1.00. The van der Waals surface area contributed by atoms with Gasteiger partial charge in [0.1, 0.15) is 0 Å². The smallest absolute Gasteiger partial charge is 0.0349 e. The van der Waals surface area contributed by atoms with E-state index in [1.807, 2.05) is 0 Å². The highest BCUT2D eigenvalue weighted by Gasteiger charge is 2.63. The van der Waals surface area contributed by atoms with Crippen molar-refractivity contribution in [2.45, 2.75) is 38.5 Å². The van der Waals surface area contributed by atoms with Gasteiger partial charge in [0.05, 0.1) is 0 Å². The molecule has 4 N–H and O–H groups in total. The van der Waals surface area contributed by atoms with Crippen LogP contribution in [0.15, 0.2) is 0 Å².